The molecule has 3 aliphatic heterocycles. The third-order valence-corrected chi connectivity index (χ3v) is 12.3. The highest BCUT2D eigenvalue weighted by Gasteiger charge is 2.41. The second kappa shape index (κ2) is 18.2. The van der Waals surface area contributed by atoms with Gasteiger partial charge in [-0.2, -0.15) is 4.57 Å². The summed E-state index contributed by atoms with van der Waals surface area (Å²) in [6.07, 6.45) is 11.9. The number of aryl methyl sites for hydroxylation is 2. The monoisotopic (exact) mass is 836 g/mol. The molecule has 0 saturated carbocycles. The molecule has 0 spiro atoms. The Bertz CT molecular complexity index is 2680. The first kappa shape index (κ1) is 40.8. The van der Waals surface area contributed by atoms with Crippen LogP contribution < -0.4 is 30.5 Å². The summed E-state index contributed by atoms with van der Waals surface area (Å²) in [4.78, 5) is 47.0. The number of carbonyl (C=O) groups excluding carboxylic acids is 2. The van der Waals surface area contributed by atoms with E-state index in [4.69, 9.17) is 14.1 Å². The highest BCUT2D eigenvalue weighted by Crippen LogP contribution is 2.40. The van der Waals surface area contributed by atoms with Gasteiger partial charge in [0.25, 0.3) is 5.91 Å². The number of hydrogen-bond donors (Lipinski definition) is 3. The minimum atomic E-state index is -0.612. The van der Waals surface area contributed by atoms with Crippen molar-refractivity contribution in [1.29, 1.82) is 0 Å². The van der Waals surface area contributed by atoms with Gasteiger partial charge in [-0.1, -0.05) is 62.1 Å². The number of nitrogens with one attached hydrogen (secondary N) is 2. The van der Waals surface area contributed by atoms with E-state index < -0.39 is 23.4 Å². The molecule has 3 N–H and O–H groups in total. The van der Waals surface area contributed by atoms with Crippen molar-refractivity contribution in [2.45, 2.75) is 83.1 Å². The van der Waals surface area contributed by atoms with Crippen molar-refractivity contribution in [3.63, 3.8) is 0 Å². The number of aromatic hydroxyl groups is 1. The number of aromatic nitrogens is 2. The van der Waals surface area contributed by atoms with Crippen LogP contribution in [0.25, 0.3) is 22.2 Å². The van der Waals surface area contributed by atoms with Crippen LogP contribution in [0.1, 0.15) is 94.5 Å². The predicted octanol–water partition coefficient (Wildman–Crippen LogP) is 8.10. The third kappa shape index (κ3) is 8.77. The Kier molecular flexibility index (Phi) is 12.0. The highest BCUT2D eigenvalue weighted by molar-refractivity contribution is 5.98. The Morgan fingerprint density at radius 3 is 2.50 bits per heavy atom. The first-order valence-electron chi connectivity index (χ1n) is 22.0. The molecule has 3 aliphatic rings. The minimum Gasteiger partial charge on any atom is -0.508 e. The zero-order valence-electron chi connectivity index (χ0n) is 34.8. The van der Waals surface area contributed by atoms with E-state index in [2.05, 4.69) is 21.6 Å². The van der Waals surface area contributed by atoms with Gasteiger partial charge < -0.3 is 24.5 Å². The van der Waals surface area contributed by atoms with E-state index in [9.17, 15) is 19.5 Å². The maximum atomic E-state index is 15.3. The SMILES string of the molecule is O=C(NCCCCCCCCOc1ccc(CC2Nc3c(Cc4ccccc4)nc(-c4ccc(O)cc4)c[n+]3C2=O)cc1F)c1cc2cc3c4c(c2oc1=O)CCCN4CCC3. The molecule has 6 aromatic rings. The summed E-state index contributed by atoms with van der Waals surface area (Å²) in [5.41, 5.74) is 7.52. The Labute approximate surface area is 359 Å². The lowest BCUT2D eigenvalue weighted by Gasteiger charge is -2.37. The fraction of sp³-hybridized carbons (Fsp3) is 0.340. The van der Waals surface area contributed by atoms with Gasteiger partial charge in [0.2, 0.25) is 0 Å². The number of unbranched alkanes of at least 4 members (excludes halogenated alkanes) is 5. The van der Waals surface area contributed by atoms with Gasteiger partial charge in [-0.3, -0.25) is 10.1 Å². The van der Waals surface area contributed by atoms with Crippen LogP contribution in [0.15, 0.2) is 100 Å². The van der Waals surface area contributed by atoms with Crippen molar-refractivity contribution >= 4 is 34.3 Å². The molecule has 62 heavy (non-hydrogen) atoms. The summed E-state index contributed by atoms with van der Waals surface area (Å²) in [7, 11) is 0. The number of phenols is 1. The second-order valence-corrected chi connectivity index (χ2v) is 16.7. The lowest BCUT2D eigenvalue weighted by atomic mass is 9.90. The van der Waals surface area contributed by atoms with Crippen molar-refractivity contribution in [1.82, 2.24) is 10.3 Å². The Hall–Kier alpha value is -6.56. The van der Waals surface area contributed by atoms with Gasteiger partial charge in [-0.15, -0.1) is 0 Å². The fourth-order valence-corrected chi connectivity index (χ4v) is 9.14. The number of fused-ring (bicyclic) bond motifs is 3. The molecule has 0 aliphatic carbocycles. The fourth-order valence-electron chi connectivity index (χ4n) is 9.14. The van der Waals surface area contributed by atoms with E-state index in [0.29, 0.717) is 47.9 Å². The summed E-state index contributed by atoms with van der Waals surface area (Å²) in [6, 6.07) is 24.7. The number of nitrogens with zero attached hydrogens (tertiary/aromatic N) is 3. The molecule has 1 atom stereocenters. The topological polar surface area (TPSA) is 138 Å². The molecule has 0 saturated heterocycles. The number of amides is 1. The third-order valence-electron chi connectivity index (χ3n) is 12.3. The maximum Gasteiger partial charge on any atom is 0.359 e. The quantitative estimate of drug-likeness (QED) is 0.0502. The first-order chi connectivity index (χ1) is 30.3. The number of ether oxygens (including phenoxy) is 1. The van der Waals surface area contributed by atoms with Crippen LogP contribution in [0, 0.1) is 5.82 Å². The largest absolute Gasteiger partial charge is 0.508 e. The number of carbonyl (C=O) groups is 2. The second-order valence-electron chi connectivity index (χ2n) is 16.7. The van der Waals surface area contributed by atoms with Gasteiger partial charge in [-0.05, 0) is 104 Å². The molecule has 5 heterocycles. The van der Waals surface area contributed by atoms with Gasteiger partial charge in [0.15, 0.2) is 17.6 Å². The Morgan fingerprint density at radius 2 is 1.69 bits per heavy atom. The van der Waals surface area contributed by atoms with Crippen molar-refractivity contribution < 1.29 is 32.8 Å². The molecule has 2 aromatic heterocycles. The summed E-state index contributed by atoms with van der Waals surface area (Å²) in [6.45, 7) is 2.93. The smallest absolute Gasteiger partial charge is 0.359 e. The van der Waals surface area contributed by atoms with Crippen LogP contribution in [0.3, 0.4) is 0 Å². The molecule has 1 unspecified atom stereocenters. The van der Waals surface area contributed by atoms with E-state index in [-0.39, 0.29) is 29.4 Å². The van der Waals surface area contributed by atoms with Gasteiger partial charge in [0.05, 0.1) is 6.61 Å². The summed E-state index contributed by atoms with van der Waals surface area (Å²) in [5.74, 6) is -0.0813. The zero-order valence-corrected chi connectivity index (χ0v) is 34.8. The predicted molar refractivity (Wildman–Crippen MR) is 236 cm³/mol. The van der Waals surface area contributed by atoms with Crippen LogP contribution in [0.4, 0.5) is 15.9 Å². The minimum absolute atomic E-state index is 0.0538. The van der Waals surface area contributed by atoms with Gasteiger partial charge in [0.1, 0.15) is 34.5 Å². The highest BCUT2D eigenvalue weighted by atomic mass is 19.1. The van der Waals surface area contributed by atoms with Gasteiger partial charge >= 0.3 is 17.4 Å². The first-order valence-corrected chi connectivity index (χ1v) is 22.0. The maximum absolute atomic E-state index is 15.3. The molecular formula is C50H51FN5O6+. The van der Waals surface area contributed by atoms with Crippen LogP contribution in [0.2, 0.25) is 0 Å². The molecule has 318 valence electrons. The van der Waals surface area contributed by atoms with Crippen LogP contribution >= 0.6 is 0 Å². The molecule has 4 aromatic carbocycles. The Balaban J connectivity index is 0.712. The average Bonchev–Trinajstić information content (AvgIpc) is 3.59. The number of phenolic OH excluding ortho intramolecular Hbond substituents is 1. The molecule has 12 heteroatoms. The summed E-state index contributed by atoms with van der Waals surface area (Å²) < 4.78 is 28.4. The van der Waals surface area contributed by atoms with Crippen LogP contribution in [-0.2, 0) is 25.7 Å². The molecule has 0 radical (unpaired) electrons. The average molecular weight is 837 g/mol. The zero-order chi connectivity index (χ0) is 42.6. The van der Waals surface area contributed by atoms with E-state index in [0.717, 1.165) is 99.4 Å². The molecule has 0 bridgehead atoms. The standard InChI is InChI=1S/C50H50FN5O6/c51-40-26-33(28-42-49(59)56-31-43(34-17-19-37(57)20-18-34)53-41(47(56)54-42)27-32-12-6-5-7-13-32)16-21-44(40)61-25-9-4-2-1-3-8-22-52-48(58)39-30-36-29-35-14-10-23-55-24-11-15-38(45(35)55)46(36)62-50(39)60/h5-7,12-13,16-21,26,29-31,42H,1-4,8-11,14-15,22-25,27-28H2,(H2,52,57,58)/p+1. The normalized spacial score (nSPS) is 15.3. The summed E-state index contributed by atoms with van der Waals surface area (Å²) in [5, 5.41) is 16.9. The lowest BCUT2D eigenvalue weighted by Crippen LogP contribution is -2.44. The molecule has 1 amide bonds. The summed E-state index contributed by atoms with van der Waals surface area (Å²) >= 11 is 0. The van der Waals surface area contributed by atoms with Crippen molar-refractivity contribution in [2.24, 2.45) is 0 Å². The van der Waals surface area contributed by atoms with E-state index >= 15 is 4.39 Å². The van der Waals surface area contributed by atoms with Gasteiger partial charge in [-0.25, -0.2) is 19.0 Å². The molecule has 0 fully saturated rings. The van der Waals surface area contributed by atoms with E-state index in [1.807, 2.05) is 30.3 Å². The van der Waals surface area contributed by atoms with E-state index in [1.165, 1.54) is 17.3 Å². The molecular weight excluding hydrogens is 786 g/mol. The van der Waals surface area contributed by atoms with Crippen molar-refractivity contribution in [3.8, 4) is 22.8 Å². The lowest BCUT2D eigenvalue weighted by molar-refractivity contribution is -0.552. The van der Waals surface area contributed by atoms with Crippen molar-refractivity contribution in [3.05, 3.63) is 141 Å². The molecule has 11 nitrogen and oxygen atoms in total. The Morgan fingerprint density at radius 1 is 0.919 bits per heavy atom. The van der Waals surface area contributed by atoms with Crippen molar-refractivity contribution in [2.75, 3.05) is 36.5 Å². The van der Waals surface area contributed by atoms with Crippen LogP contribution in [0.5, 0.6) is 11.5 Å². The number of halogens is 1. The number of anilines is 2. The molecule has 9 rings (SSSR count). The number of hydrogen-bond acceptors (Lipinski definition) is 9. The van der Waals surface area contributed by atoms with E-state index in [1.54, 1.807) is 53.2 Å². The number of benzene rings is 4. The number of rotatable bonds is 16. The van der Waals surface area contributed by atoms with Crippen LogP contribution in [-0.4, -0.2) is 54.2 Å². The van der Waals surface area contributed by atoms with Gasteiger partial charge in [0, 0.05) is 54.7 Å².